The van der Waals surface area contributed by atoms with Crippen LogP contribution < -0.4 is 5.32 Å². The molecule has 1 radical (unpaired) electrons. The highest BCUT2D eigenvalue weighted by atomic mass is 16.3. The van der Waals surface area contributed by atoms with Gasteiger partial charge in [0.05, 0.1) is 0 Å². The zero-order chi connectivity index (χ0) is 9.40. The van der Waals surface area contributed by atoms with E-state index < -0.39 is 6.10 Å². The molecule has 0 bridgehead atoms. The van der Waals surface area contributed by atoms with Crippen LogP contribution >= 0.6 is 0 Å². The molecule has 0 aromatic rings. The molecule has 0 aliphatic heterocycles. The van der Waals surface area contributed by atoms with Gasteiger partial charge in [-0.2, -0.15) is 0 Å². The lowest BCUT2D eigenvalue weighted by Gasteiger charge is -2.10. The summed E-state index contributed by atoms with van der Waals surface area (Å²) in [6.45, 7) is 2.21. The summed E-state index contributed by atoms with van der Waals surface area (Å²) in [6.07, 6.45) is 0.710. The normalized spacial score (nSPS) is 12.3. The molecule has 0 aliphatic rings. The van der Waals surface area contributed by atoms with Crippen LogP contribution in [0.5, 0.6) is 0 Å². The summed E-state index contributed by atoms with van der Waals surface area (Å²) in [5, 5.41) is 11.8. The lowest BCUT2D eigenvalue weighted by atomic mass is 10.3. The first-order chi connectivity index (χ1) is 5.66. The molecule has 3 N–H and O–H groups in total. The number of aliphatic hydroxyl groups excluding tert-OH is 1. The van der Waals surface area contributed by atoms with Gasteiger partial charge in [0.2, 0.25) is 0 Å². The van der Waals surface area contributed by atoms with Crippen molar-refractivity contribution in [3.8, 4) is 0 Å². The second-order valence-corrected chi connectivity index (χ2v) is 3.06. The summed E-state index contributed by atoms with van der Waals surface area (Å²) in [6, 6.07) is 0. The Morgan fingerprint density at radius 2 is 2.15 bits per heavy atom. The molecule has 5 nitrogen and oxygen atoms in total. The maximum absolute atomic E-state index is 9.98. The van der Waals surface area contributed by atoms with Crippen LogP contribution in [-0.2, 0) is 4.79 Å². The molecule has 13 heavy (non-hydrogen) atoms. The van der Waals surface area contributed by atoms with E-state index in [1.165, 1.54) is 0 Å². The lowest BCUT2D eigenvalue weighted by molar-refractivity contribution is -0.114. The van der Waals surface area contributed by atoms with Gasteiger partial charge in [0.25, 0.3) is 0 Å². The fraction of sp³-hybridized carbons (Fsp3) is 0.875. The summed E-state index contributed by atoms with van der Waals surface area (Å²) in [7, 11) is 4.03. The van der Waals surface area contributed by atoms with E-state index in [2.05, 4.69) is 10.2 Å². The minimum Gasteiger partial charge on any atom is -0.384 e. The van der Waals surface area contributed by atoms with Gasteiger partial charge in [-0.1, -0.05) is 0 Å². The molecule has 0 spiro atoms. The van der Waals surface area contributed by atoms with Crippen molar-refractivity contribution < 1.29 is 15.4 Å². The number of carbonyl (C=O) groups excluding carboxylic acids is 1. The SMILES string of the molecule is CN(C)CCCNCC(O)C=O.[OH]. The summed E-state index contributed by atoms with van der Waals surface area (Å²) in [4.78, 5) is 12.1. The second-order valence-electron chi connectivity index (χ2n) is 3.06. The summed E-state index contributed by atoms with van der Waals surface area (Å²) >= 11 is 0. The lowest BCUT2D eigenvalue weighted by Crippen LogP contribution is -2.29. The number of nitrogens with one attached hydrogen (secondary N) is 1. The standard InChI is InChI=1S/C8H18N2O2.HO/c1-10(2)5-3-4-9-6-8(12)7-11;/h7-9,12H,3-6H2,1-2H3;1H. The Bertz CT molecular complexity index is 120. The van der Waals surface area contributed by atoms with Gasteiger partial charge in [-0.25, -0.2) is 0 Å². The van der Waals surface area contributed by atoms with Gasteiger partial charge in [0.1, 0.15) is 12.4 Å². The van der Waals surface area contributed by atoms with Crippen molar-refractivity contribution in [1.29, 1.82) is 0 Å². The van der Waals surface area contributed by atoms with Gasteiger partial charge >= 0.3 is 0 Å². The Kier molecular flexibility index (Phi) is 11.1. The van der Waals surface area contributed by atoms with Gasteiger partial charge in [0.15, 0.2) is 0 Å². The highest BCUT2D eigenvalue weighted by Gasteiger charge is 1.98. The third-order valence-corrected chi connectivity index (χ3v) is 1.47. The van der Waals surface area contributed by atoms with Crippen LogP contribution in [0.2, 0.25) is 0 Å². The predicted octanol–water partition coefficient (Wildman–Crippen LogP) is -1.09. The minimum atomic E-state index is -0.857. The minimum absolute atomic E-state index is 0. The van der Waals surface area contributed by atoms with Gasteiger partial charge in [-0.3, -0.25) is 5.48 Å². The first kappa shape index (κ1) is 15.0. The van der Waals surface area contributed by atoms with E-state index in [1.807, 2.05) is 14.1 Å². The molecule has 0 rings (SSSR count). The molecular weight excluding hydrogens is 172 g/mol. The summed E-state index contributed by atoms with van der Waals surface area (Å²) in [5.41, 5.74) is 0. The van der Waals surface area contributed by atoms with Crippen LogP contribution in [0.3, 0.4) is 0 Å². The molecular formula is C8H19N2O3. The van der Waals surface area contributed by atoms with Gasteiger partial charge in [0, 0.05) is 6.54 Å². The van der Waals surface area contributed by atoms with E-state index >= 15 is 0 Å². The largest absolute Gasteiger partial charge is 0.384 e. The average molecular weight is 191 g/mol. The van der Waals surface area contributed by atoms with Crippen molar-refractivity contribution >= 4 is 6.29 Å². The fourth-order valence-electron chi connectivity index (χ4n) is 0.818. The molecule has 0 fully saturated rings. The number of nitrogens with zero attached hydrogens (tertiary/aromatic N) is 1. The van der Waals surface area contributed by atoms with Crippen LogP contribution in [-0.4, -0.2) is 61.6 Å². The Hall–Kier alpha value is -0.490. The van der Waals surface area contributed by atoms with Crippen LogP contribution in [0.15, 0.2) is 0 Å². The van der Waals surface area contributed by atoms with E-state index in [0.29, 0.717) is 12.8 Å². The first-order valence-corrected chi connectivity index (χ1v) is 4.15. The highest BCUT2D eigenvalue weighted by molar-refractivity contribution is 5.55. The quantitative estimate of drug-likeness (QED) is 0.353. The van der Waals surface area contributed by atoms with E-state index in [-0.39, 0.29) is 5.48 Å². The molecule has 1 atom stereocenters. The number of aldehydes is 1. The van der Waals surface area contributed by atoms with Crippen molar-refractivity contribution in [2.45, 2.75) is 12.5 Å². The van der Waals surface area contributed by atoms with Crippen LogP contribution in [0.25, 0.3) is 0 Å². The molecule has 0 aliphatic carbocycles. The van der Waals surface area contributed by atoms with Crippen LogP contribution in [0, 0.1) is 0 Å². The van der Waals surface area contributed by atoms with Gasteiger partial charge in [-0.05, 0) is 33.6 Å². The molecule has 0 saturated heterocycles. The third-order valence-electron chi connectivity index (χ3n) is 1.47. The number of hydrogen-bond acceptors (Lipinski definition) is 4. The van der Waals surface area contributed by atoms with E-state index in [4.69, 9.17) is 5.11 Å². The molecule has 0 aromatic carbocycles. The number of carbonyl (C=O) groups is 1. The number of aliphatic hydroxyl groups is 1. The van der Waals surface area contributed by atoms with E-state index in [1.54, 1.807) is 0 Å². The van der Waals surface area contributed by atoms with Crippen LogP contribution in [0.1, 0.15) is 6.42 Å². The zero-order valence-corrected chi connectivity index (χ0v) is 8.23. The van der Waals surface area contributed by atoms with Crippen molar-refractivity contribution in [3.05, 3.63) is 0 Å². The monoisotopic (exact) mass is 191 g/mol. The Balaban J connectivity index is 0. The Morgan fingerprint density at radius 1 is 1.54 bits per heavy atom. The molecule has 79 valence electrons. The van der Waals surface area contributed by atoms with Gasteiger partial charge < -0.3 is 20.1 Å². The fourth-order valence-corrected chi connectivity index (χ4v) is 0.818. The Labute approximate surface area is 79.0 Å². The third kappa shape index (κ3) is 11.5. The maximum Gasteiger partial charge on any atom is 0.149 e. The van der Waals surface area contributed by atoms with Crippen molar-refractivity contribution in [3.63, 3.8) is 0 Å². The summed E-state index contributed by atoms with van der Waals surface area (Å²) < 4.78 is 0. The van der Waals surface area contributed by atoms with Gasteiger partial charge in [-0.15, -0.1) is 0 Å². The smallest absolute Gasteiger partial charge is 0.149 e. The molecule has 0 saturated carbocycles. The second kappa shape index (κ2) is 9.60. The van der Waals surface area contributed by atoms with Crippen LogP contribution in [0.4, 0.5) is 0 Å². The number of hydrogen-bond donors (Lipinski definition) is 3. The van der Waals surface area contributed by atoms with E-state index in [0.717, 1.165) is 19.5 Å². The van der Waals surface area contributed by atoms with Crippen molar-refractivity contribution in [1.82, 2.24) is 10.2 Å². The van der Waals surface area contributed by atoms with Crippen molar-refractivity contribution in [2.75, 3.05) is 33.7 Å². The van der Waals surface area contributed by atoms with E-state index in [9.17, 15) is 4.79 Å². The Morgan fingerprint density at radius 3 is 2.62 bits per heavy atom. The zero-order valence-electron chi connectivity index (χ0n) is 8.23. The van der Waals surface area contributed by atoms with Crippen molar-refractivity contribution in [2.24, 2.45) is 0 Å². The highest BCUT2D eigenvalue weighted by Crippen LogP contribution is 1.81. The maximum atomic E-state index is 9.98. The number of rotatable bonds is 7. The average Bonchev–Trinajstić information content (AvgIpc) is 2.03. The molecule has 1 unspecified atom stereocenters. The molecule has 5 heteroatoms. The predicted molar refractivity (Wildman–Crippen MR) is 50.0 cm³/mol. The summed E-state index contributed by atoms with van der Waals surface area (Å²) in [5.74, 6) is 0. The molecule has 0 amide bonds. The molecule has 0 aromatic heterocycles. The first-order valence-electron chi connectivity index (χ1n) is 4.15. The topological polar surface area (TPSA) is 82.6 Å². The molecule has 0 heterocycles.